The minimum absolute atomic E-state index is 0.365. The van der Waals surface area contributed by atoms with Crippen molar-refractivity contribution >= 4 is 11.9 Å². The molecule has 6 nitrogen and oxygen atoms in total. The number of hydrogen-bond donors (Lipinski definition) is 0. The third-order valence-corrected chi connectivity index (χ3v) is 8.93. The summed E-state index contributed by atoms with van der Waals surface area (Å²) in [6.07, 6.45) is 25.3. The highest BCUT2D eigenvalue weighted by Gasteiger charge is 2.14. The molecule has 266 valence electrons. The van der Waals surface area contributed by atoms with E-state index in [1.165, 1.54) is 128 Å². The van der Waals surface area contributed by atoms with Crippen molar-refractivity contribution in [3.8, 4) is 0 Å². The lowest BCUT2D eigenvalue weighted by Crippen LogP contribution is -2.30. The molecule has 0 aromatic heterocycles. The molecule has 0 atom stereocenters. The Morgan fingerprint density at radius 1 is 0.457 bits per heavy atom. The summed E-state index contributed by atoms with van der Waals surface area (Å²) in [5.74, 6) is -0.754. The second-order valence-corrected chi connectivity index (χ2v) is 13.2. The Bertz CT molecular complexity index is 768. The molecule has 0 radical (unpaired) electrons. The Kier molecular flexibility index (Phi) is 27.8. The van der Waals surface area contributed by atoms with E-state index >= 15 is 0 Å². The molecule has 0 N–H and O–H groups in total. The fourth-order valence-corrected chi connectivity index (χ4v) is 5.90. The highest BCUT2D eigenvalue weighted by molar-refractivity contribution is 5.95. The summed E-state index contributed by atoms with van der Waals surface area (Å²) in [5.41, 5.74) is 0.807. The maximum Gasteiger partial charge on any atom is 0.338 e. The van der Waals surface area contributed by atoms with Crippen molar-refractivity contribution in [1.29, 1.82) is 0 Å². The summed E-state index contributed by atoms with van der Waals surface area (Å²) in [6, 6.07) is 6.79. The van der Waals surface area contributed by atoms with Crippen LogP contribution in [0.1, 0.15) is 177 Å². The number of nitrogens with zero attached hydrogens (tertiary/aromatic N) is 2. The molecule has 6 heteroatoms. The first kappa shape index (κ1) is 42.1. The van der Waals surface area contributed by atoms with Gasteiger partial charge in [0, 0.05) is 13.1 Å². The largest absolute Gasteiger partial charge is 0.461 e. The molecule has 0 aliphatic carbocycles. The number of benzene rings is 1. The second-order valence-electron chi connectivity index (χ2n) is 13.2. The molecule has 0 unspecified atom stereocenters. The van der Waals surface area contributed by atoms with E-state index < -0.39 is 0 Å². The van der Waals surface area contributed by atoms with Gasteiger partial charge >= 0.3 is 11.9 Å². The zero-order valence-electron chi connectivity index (χ0n) is 30.6. The Morgan fingerprint density at radius 3 is 1.07 bits per heavy atom. The van der Waals surface area contributed by atoms with Gasteiger partial charge < -0.3 is 9.47 Å². The molecule has 1 aromatic rings. The molecule has 0 amide bonds. The molecule has 0 aliphatic rings. The van der Waals surface area contributed by atoms with Crippen LogP contribution in [0.4, 0.5) is 0 Å². The average molecular weight is 645 g/mol. The van der Waals surface area contributed by atoms with Crippen LogP contribution in [0.25, 0.3) is 0 Å². The summed E-state index contributed by atoms with van der Waals surface area (Å²) < 4.78 is 11.4. The molecular weight excluding hydrogens is 572 g/mol. The van der Waals surface area contributed by atoms with E-state index in [9.17, 15) is 9.59 Å². The minimum atomic E-state index is -0.377. The summed E-state index contributed by atoms with van der Waals surface area (Å²) >= 11 is 0. The van der Waals surface area contributed by atoms with Gasteiger partial charge in [-0.3, -0.25) is 9.80 Å². The van der Waals surface area contributed by atoms with E-state index in [0.717, 1.165) is 39.3 Å². The van der Waals surface area contributed by atoms with Crippen molar-refractivity contribution in [3.05, 3.63) is 35.4 Å². The molecule has 0 saturated carbocycles. The van der Waals surface area contributed by atoms with Gasteiger partial charge in [0.1, 0.15) is 13.2 Å². The highest BCUT2D eigenvalue weighted by atomic mass is 16.5. The molecule has 0 heterocycles. The molecule has 46 heavy (non-hydrogen) atoms. The first-order chi connectivity index (χ1) is 22.5. The fourth-order valence-electron chi connectivity index (χ4n) is 5.90. The summed E-state index contributed by atoms with van der Waals surface area (Å²) in [7, 11) is 0. The smallest absolute Gasteiger partial charge is 0.338 e. The SMILES string of the molecule is CCCCCCCN(CCCCCCC)CCOC(=O)c1cccc(C(=O)OCCN(CCCCCCC)CCCCCCC)c1. The van der Waals surface area contributed by atoms with Gasteiger partial charge in [0.15, 0.2) is 0 Å². The molecule has 0 aliphatic heterocycles. The van der Waals surface area contributed by atoms with Gasteiger partial charge in [-0.05, 0) is 70.1 Å². The molecule has 0 fully saturated rings. The lowest BCUT2D eigenvalue weighted by Gasteiger charge is -2.22. The van der Waals surface area contributed by atoms with Gasteiger partial charge in [-0.15, -0.1) is 0 Å². The van der Waals surface area contributed by atoms with E-state index in [1.807, 2.05) is 0 Å². The van der Waals surface area contributed by atoms with Crippen LogP contribution in [0.15, 0.2) is 24.3 Å². The number of ether oxygens (including phenoxy) is 2. The number of hydrogen-bond acceptors (Lipinski definition) is 6. The number of esters is 2. The quantitative estimate of drug-likeness (QED) is 0.0574. The molecule has 0 bridgehead atoms. The van der Waals surface area contributed by atoms with Crippen molar-refractivity contribution in [3.63, 3.8) is 0 Å². The third-order valence-electron chi connectivity index (χ3n) is 8.93. The van der Waals surface area contributed by atoms with Crippen molar-refractivity contribution in [2.75, 3.05) is 52.5 Å². The van der Waals surface area contributed by atoms with Crippen LogP contribution in [0.5, 0.6) is 0 Å². The predicted molar refractivity (Wildman–Crippen MR) is 195 cm³/mol. The van der Waals surface area contributed by atoms with Gasteiger partial charge in [0.05, 0.1) is 11.1 Å². The second kappa shape index (κ2) is 30.4. The first-order valence-electron chi connectivity index (χ1n) is 19.4. The summed E-state index contributed by atoms with van der Waals surface area (Å²) in [5, 5.41) is 0. The van der Waals surface area contributed by atoms with E-state index in [0.29, 0.717) is 24.3 Å². The van der Waals surface area contributed by atoms with Gasteiger partial charge in [-0.1, -0.05) is 136 Å². The van der Waals surface area contributed by atoms with Gasteiger partial charge in [-0.2, -0.15) is 0 Å². The zero-order chi connectivity index (χ0) is 33.5. The van der Waals surface area contributed by atoms with Crippen LogP contribution in [-0.2, 0) is 9.47 Å². The lowest BCUT2D eigenvalue weighted by molar-refractivity contribution is 0.0458. The number of rotatable bonds is 32. The van der Waals surface area contributed by atoms with Crippen LogP contribution >= 0.6 is 0 Å². The van der Waals surface area contributed by atoms with Crippen LogP contribution < -0.4 is 0 Å². The Morgan fingerprint density at radius 2 is 0.761 bits per heavy atom. The van der Waals surface area contributed by atoms with E-state index in [4.69, 9.17) is 9.47 Å². The topological polar surface area (TPSA) is 59.1 Å². The van der Waals surface area contributed by atoms with Crippen molar-refractivity contribution in [1.82, 2.24) is 9.80 Å². The van der Waals surface area contributed by atoms with Crippen LogP contribution in [0.2, 0.25) is 0 Å². The number of carbonyl (C=O) groups excluding carboxylic acids is 2. The molecule has 0 saturated heterocycles. The van der Waals surface area contributed by atoms with Crippen molar-refractivity contribution in [2.45, 2.75) is 156 Å². The lowest BCUT2D eigenvalue weighted by atomic mass is 10.1. The minimum Gasteiger partial charge on any atom is -0.461 e. The highest BCUT2D eigenvalue weighted by Crippen LogP contribution is 2.12. The Labute approximate surface area is 284 Å². The monoisotopic (exact) mass is 645 g/mol. The normalized spacial score (nSPS) is 11.4. The molecule has 1 aromatic carbocycles. The zero-order valence-corrected chi connectivity index (χ0v) is 30.6. The van der Waals surface area contributed by atoms with Gasteiger partial charge in [0.2, 0.25) is 0 Å². The maximum atomic E-state index is 12.9. The van der Waals surface area contributed by atoms with Crippen LogP contribution in [0, 0.1) is 0 Å². The standard InChI is InChI=1S/C40H72N2O4/c1-5-9-13-17-21-28-41(29-22-18-14-10-6-2)32-34-45-39(43)37-26-25-27-38(36-37)40(44)46-35-33-42(30-23-19-15-11-7-3)31-24-20-16-12-8-4/h25-27,36H,5-24,28-35H2,1-4H3. The van der Waals surface area contributed by atoms with E-state index in [-0.39, 0.29) is 11.9 Å². The number of unbranched alkanes of at least 4 members (excludes halogenated alkanes) is 16. The molecular formula is C40H72N2O4. The van der Waals surface area contributed by atoms with E-state index in [2.05, 4.69) is 37.5 Å². The maximum absolute atomic E-state index is 12.9. The van der Waals surface area contributed by atoms with Gasteiger partial charge in [-0.25, -0.2) is 9.59 Å². The average Bonchev–Trinajstić information content (AvgIpc) is 3.07. The summed E-state index contributed by atoms with van der Waals surface area (Å²) in [6.45, 7) is 15.5. The summed E-state index contributed by atoms with van der Waals surface area (Å²) in [4.78, 5) is 30.7. The van der Waals surface area contributed by atoms with Crippen LogP contribution in [0.3, 0.4) is 0 Å². The predicted octanol–water partition coefficient (Wildman–Crippen LogP) is 10.5. The van der Waals surface area contributed by atoms with Crippen molar-refractivity contribution < 1.29 is 19.1 Å². The van der Waals surface area contributed by atoms with Crippen molar-refractivity contribution in [2.24, 2.45) is 0 Å². The van der Waals surface area contributed by atoms with Crippen LogP contribution in [-0.4, -0.2) is 74.2 Å². The van der Waals surface area contributed by atoms with E-state index in [1.54, 1.807) is 24.3 Å². The Hall–Kier alpha value is -1.92. The van der Waals surface area contributed by atoms with Gasteiger partial charge in [0.25, 0.3) is 0 Å². The first-order valence-corrected chi connectivity index (χ1v) is 19.4. The number of carbonyl (C=O) groups is 2. The fraction of sp³-hybridized carbons (Fsp3) is 0.800. The Balaban J connectivity index is 2.55. The third kappa shape index (κ3) is 22.6. The molecule has 1 rings (SSSR count). The molecule has 0 spiro atoms.